The molecule has 2 heterocycles. The average molecular weight is 272 g/mol. The second kappa shape index (κ2) is 5.92. The maximum Gasteiger partial charge on any atom is 0.160 e. The minimum Gasteiger partial charge on any atom is -0.305 e. The minimum atomic E-state index is 0.244. The van der Waals surface area contributed by atoms with Gasteiger partial charge in [-0.3, -0.25) is 4.40 Å². The summed E-state index contributed by atoms with van der Waals surface area (Å²) >= 11 is 0. The molecule has 3 atom stereocenters. The molecule has 4 nitrogen and oxygen atoms in total. The van der Waals surface area contributed by atoms with Gasteiger partial charge in [-0.25, -0.2) is 0 Å². The van der Waals surface area contributed by atoms with E-state index in [9.17, 15) is 0 Å². The fraction of sp³-hybridized carbons (Fsp3) is 0.625. The van der Waals surface area contributed by atoms with Crippen molar-refractivity contribution in [1.82, 2.24) is 19.9 Å². The van der Waals surface area contributed by atoms with Crippen LogP contribution in [0.4, 0.5) is 0 Å². The summed E-state index contributed by atoms with van der Waals surface area (Å²) in [6, 6.07) is 6.89. The maximum atomic E-state index is 4.35. The first kappa shape index (κ1) is 13.6. The molecule has 20 heavy (non-hydrogen) atoms. The zero-order valence-corrected chi connectivity index (χ0v) is 12.4. The van der Waals surface area contributed by atoms with Crippen LogP contribution in [0, 0.1) is 5.92 Å². The standard InChI is InChI=1S/C16H24N4/c1-3-13-7-6-8-14(11-13)17-12(2)16-19-18-15-9-4-5-10-20(15)16/h4-5,9-10,12-14,17H,3,6-8,11H2,1-2H3. The highest BCUT2D eigenvalue weighted by atomic mass is 15.3. The van der Waals surface area contributed by atoms with Crippen LogP contribution in [0.25, 0.3) is 5.65 Å². The lowest BCUT2D eigenvalue weighted by Crippen LogP contribution is -2.36. The van der Waals surface area contributed by atoms with Gasteiger partial charge in [0, 0.05) is 12.2 Å². The van der Waals surface area contributed by atoms with E-state index >= 15 is 0 Å². The number of aromatic nitrogens is 3. The van der Waals surface area contributed by atoms with Crippen LogP contribution in [0.5, 0.6) is 0 Å². The van der Waals surface area contributed by atoms with Crippen molar-refractivity contribution in [3.63, 3.8) is 0 Å². The molecule has 1 aliphatic carbocycles. The summed E-state index contributed by atoms with van der Waals surface area (Å²) in [7, 11) is 0. The Morgan fingerprint density at radius 2 is 2.25 bits per heavy atom. The van der Waals surface area contributed by atoms with Crippen molar-refractivity contribution in [2.45, 2.75) is 58.0 Å². The molecule has 0 aliphatic heterocycles. The van der Waals surface area contributed by atoms with Crippen LogP contribution in [0.2, 0.25) is 0 Å². The monoisotopic (exact) mass is 272 g/mol. The van der Waals surface area contributed by atoms with E-state index in [0.717, 1.165) is 17.4 Å². The molecule has 0 aromatic carbocycles. The van der Waals surface area contributed by atoms with Crippen LogP contribution in [0.1, 0.15) is 57.8 Å². The molecular weight excluding hydrogens is 248 g/mol. The molecule has 1 aliphatic rings. The molecule has 1 N–H and O–H groups in total. The van der Waals surface area contributed by atoms with Gasteiger partial charge < -0.3 is 5.32 Å². The summed E-state index contributed by atoms with van der Waals surface area (Å²) in [5.74, 6) is 1.91. The predicted octanol–water partition coefficient (Wildman–Crippen LogP) is 3.35. The molecule has 108 valence electrons. The van der Waals surface area contributed by atoms with Crippen molar-refractivity contribution in [2.24, 2.45) is 5.92 Å². The van der Waals surface area contributed by atoms with Crippen molar-refractivity contribution in [3.8, 4) is 0 Å². The number of rotatable bonds is 4. The Labute approximate surface area is 120 Å². The Balaban J connectivity index is 1.71. The topological polar surface area (TPSA) is 42.2 Å². The van der Waals surface area contributed by atoms with Gasteiger partial charge in [-0.05, 0) is 37.8 Å². The van der Waals surface area contributed by atoms with Gasteiger partial charge in [-0.15, -0.1) is 10.2 Å². The van der Waals surface area contributed by atoms with E-state index in [1.54, 1.807) is 0 Å². The zero-order valence-electron chi connectivity index (χ0n) is 12.4. The smallest absolute Gasteiger partial charge is 0.160 e. The van der Waals surface area contributed by atoms with E-state index in [0.29, 0.717) is 6.04 Å². The van der Waals surface area contributed by atoms with E-state index in [4.69, 9.17) is 0 Å². The third kappa shape index (κ3) is 2.70. The summed E-state index contributed by atoms with van der Waals surface area (Å²) in [6.45, 7) is 4.50. The van der Waals surface area contributed by atoms with Gasteiger partial charge >= 0.3 is 0 Å². The third-order valence-electron chi connectivity index (χ3n) is 4.57. The van der Waals surface area contributed by atoms with Gasteiger partial charge in [0.05, 0.1) is 6.04 Å². The van der Waals surface area contributed by atoms with Gasteiger partial charge in [-0.2, -0.15) is 0 Å². The van der Waals surface area contributed by atoms with Crippen molar-refractivity contribution >= 4 is 5.65 Å². The molecule has 1 saturated carbocycles. The lowest BCUT2D eigenvalue weighted by Gasteiger charge is -2.31. The van der Waals surface area contributed by atoms with E-state index in [-0.39, 0.29) is 6.04 Å². The zero-order chi connectivity index (χ0) is 13.9. The summed E-state index contributed by atoms with van der Waals surface area (Å²) < 4.78 is 2.08. The first-order valence-corrected chi connectivity index (χ1v) is 7.83. The van der Waals surface area contributed by atoms with E-state index in [1.807, 2.05) is 24.4 Å². The quantitative estimate of drug-likeness (QED) is 0.928. The summed E-state index contributed by atoms with van der Waals surface area (Å²) in [5.41, 5.74) is 0.922. The molecule has 3 rings (SSSR count). The third-order valence-corrected chi connectivity index (χ3v) is 4.57. The summed E-state index contributed by atoms with van der Waals surface area (Å²) in [4.78, 5) is 0. The molecule has 3 unspecified atom stereocenters. The van der Waals surface area contributed by atoms with Crippen LogP contribution in [-0.2, 0) is 0 Å². The van der Waals surface area contributed by atoms with Gasteiger partial charge in [0.15, 0.2) is 11.5 Å². The van der Waals surface area contributed by atoms with Gasteiger partial charge in [0.2, 0.25) is 0 Å². The van der Waals surface area contributed by atoms with E-state index in [2.05, 4.69) is 33.8 Å². The molecule has 0 saturated heterocycles. The fourth-order valence-corrected chi connectivity index (χ4v) is 3.40. The molecule has 0 bridgehead atoms. The number of hydrogen-bond donors (Lipinski definition) is 1. The number of nitrogens with zero attached hydrogens (tertiary/aromatic N) is 3. The molecule has 2 aromatic rings. The SMILES string of the molecule is CCC1CCCC(NC(C)c2nnc3ccccn23)C1. The lowest BCUT2D eigenvalue weighted by molar-refractivity contribution is 0.263. The number of nitrogens with one attached hydrogen (secondary N) is 1. The molecule has 0 radical (unpaired) electrons. The first-order chi connectivity index (χ1) is 9.78. The lowest BCUT2D eigenvalue weighted by atomic mass is 9.84. The summed E-state index contributed by atoms with van der Waals surface area (Å²) in [6.07, 6.45) is 8.69. The Hall–Kier alpha value is -1.42. The van der Waals surface area contributed by atoms with E-state index in [1.165, 1.54) is 32.1 Å². The van der Waals surface area contributed by atoms with Gasteiger partial charge in [0.25, 0.3) is 0 Å². The van der Waals surface area contributed by atoms with Crippen LogP contribution in [-0.4, -0.2) is 20.6 Å². The van der Waals surface area contributed by atoms with E-state index < -0.39 is 0 Å². The Morgan fingerprint density at radius 1 is 1.35 bits per heavy atom. The minimum absolute atomic E-state index is 0.244. The average Bonchev–Trinajstić information content (AvgIpc) is 2.91. The highest BCUT2D eigenvalue weighted by Crippen LogP contribution is 2.28. The van der Waals surface area contributed by atoms with Crippen molar-refractivity contribution in [2.75, 3.05) is 0 Å². The number of pyridine rings is 1. The second-order valence-corrected chi connectivity index (χ2v) is 6.01. The largest absolute Gasteiger partial charge is 0.305 e. The van der Waals surface area contributed by atoms with Crippen LogP contribution in [0.15, 0.2) is 24.4 Å². The first-order valence-electron chi connectivity index (χ1n) is 7.83. The predicted molar refractivity (Wildman–Crippen MR) is 80.6 cm³/mol. The maximum absolute atomic E-state index is 4.35. The Morgan fingerprint density at radius 3 is 3.10 bits per heavy atom. The molecule has 4 heteroatoms. The highest BCUT2D eigenvalue weighted by Gasteiger charge is 2.23. The summed E-state index contributed by atoms with van der Waals surface area (Å²) in [5, 5.41) is 12.3. The number of hydrogen-bond acceptors (Lipinski definition) is 3. The van der Waals surface area contributed by atoms with Crippen molar-refractivity contribution in [1.29, 1.82) is 0 Å². The number of fused-ring (bicyclic) bond motifs is 1. The molecule has 0 amide bonds. The molecule has 2 aromatic heterocycles. The van der Waals surface area contributed by atoms with Crippen molar-refractivity contribution in [3.05, 3.63) is 30.2 Å². The molecule has 0 spiro atoms. The Kier molecular flexibility index (Phi) is 4.01. The highest BCUT2D eigenvalue weighted by molar-refractivity contribution is 5.37. The van der Waals surface area contributed by atoms with Crippen LogP contribution < -0.4 is 5.32 Å². The second-order valence-electron chi connectivity index (χ2n) is 6.01. The van der Waals surface area contributed by atoms with Gasteiger partial charge in [0.1, 0.15) is 0 Å². The van der Waals surface area contributed by atoms with Gasteiger partial charge in [-0.1, -0.05) is 32.3 Å². The Bertz CT molecular complexity index is 562. The van der Waals surface area contributed by atoms with Crippen molar-refractivity contribution < 1.29 is 0 Å². The van der Waals surface area contributed by atoms with Crippen LogP contribution in [0.3, 0.4) is 0 Å². The normalized spacial score (nSPS) is 24.9. The molecular formula is C16H24N4. The fourth-order valence-electron chi connectivity index (χ4n) is 3.40. The van der Waals surface area contributed by atoms with Crippen LogP contribution >= 0.6 is 0 Å². The molecule has 1 fully saturated rings.